The average Bonchev–Trinajstić information content (AvgIpc) is 2.59. The van der Waals surface area contributed by atoms with Crippen molar-refractivity contribution in [3.8, 4) is 0 Å². The number of carboxylic acids is 1. The monoisotopic (exact) mass is 267 g/mol. The number of hydrogen-bond acceptors (Lipinski definition) is 3. The van der Waals surface area contributed by atoms with Crippen LogP contribution < -0.4 is 4.90 Å². The number of aryl methyl sites for hydroxylation is 2. The van der Waals surface area contributed by atoms with E-state index in [0.717, 1.165) is 31.6 Å². The molecule has 1 rings (SSSR count). The average molecular weight is 267 g/mol. The zero-order chi connectivity index (χ0) is 14.6. The van der Waals surface area contributed by atoms with E-state index in [4.69, 9.17) is 0 Å². The number of carboxylic acid groups (broad SMARTS) is 1. The molecule has 1 aromatic heterocycles. The molecule has 108 valence electrons. The second-order valence-corrected chi connectivity index (χ2v) is 5.21. The molecule has 0 radical (unpaired) electrons. The molecule has 0 aliphatic heterocycles. The predicted octanol–water partition coefficient (Wildman–Crippen LogP) is 2.83. The molecule has 0 unspecified atom stereocenters. The number of unbranched alkanes of at least 4 members (excludes halogenated alkanes) is 2. The molecule has 0 amide bonds. The first-order chi connectivity index (χ1) is 8.90. The topological polar surface area (TPSA) is 58.4 Å². The van der Waals surface area contributed by atoms with Crippen LogP contribution in [0.25, 0.3) is 0 Å². The van der Waals surface area contributed by atoms with Crippen LogP contribution in [0.4, 0.5) is 5.82 Å². The van der Waals surface area contributed by atoms with Crippen LogP contribution in [0.15, 0.2) is 0 Å². The van der Waals surface area contributed by atoms with Gasteiger partial charge in [-0.3, -0.25) is 4.68 Å². The van der Waals surface area contributed by atoms with Crippen molar-refractivity contribution in [2.24, 2.45) is 7.05 Å². The second kappa shape index (κ2) is 6.59. The van der Waals surface area contributed by atoms with E-state index < -0.39 is 5.97 Å². The van der Waals surface area contributed by atoms with Gasteiger partial charge in [0.15, 0.2) is 0 Å². The molecular weight excluding hydrogens is 242 g/mol. The number of anilines is 1. The van der Waals surface area contributed by atoms with Crippen LogP contribution in [0.1, 0.15) is 56.1 Å². The van der Waals surface area contributed by atoms with E-state index in [1.54, 1.807) is 11.6 Å². The maximum absolute atomic E-state index is 11.4. The Hall–Kier alpha value is -1.52. The Balaban J connectivity index is 3.11. The number of aromatic nitrogens is 2. The molecule has 0 atom stereocenters. The Bertz CT molecular complexity index is 438. The lowest BCUT2D eigenvalue weighted by Gasteiger charge is -2.29. The highest BCUT2D eigenvalue weighted by molar-refractivity contribution is 5.94. The molecule has 1 aromatic rings. The fraction of sp³-hybridized carbons (Fsp3) is 0.714. The minimum atomic E-state index is -0.901. The fourth-order valence-electron chi connectivity index (χ4n) is 2.37. The molecule has 19 heavy (non-hydrogen) atoms. The molecule has 0 spiro atoms. The Kier molecular flexibility index (Phi) is 5.39. The largest absolute Gasteiger partial charge is 0.477 e. The number of aromatic carboxylic acids is 1. The van der Waals surface area contributed by atoms with Gasteiger partial charge in [-0.25, -0.2) is 4.79 Å². The summed E-state index contributed by atoms with van der Waals surface area (Å²) in [7, 11) is 1.81. The van der Waals surface area contributed by atoms with Crippen LogP contribution in [0.3, 0.4) is 0 Å². The van der Waals surface area contributed by atoms with E-state index in [-0.39, 0.29) is 6.04 Å². The highest BCUT2D eigenvalue weighted by Crippen LogP contribution is 2.25. The minimum absolute atomic E-state index is 0.254. The second-order valence-electron chi connectivity index (χ2n) is 5.21. The van der Waals surface area contributed by atoms with Crippen LogP contribution in [-0.4, -0.2) is 33.4 Å². The summed E-state index contributed by atoms with van der Waals surface area (Å²) in [6.07, 6.45) is 3.38. The van der Waals surface area contributed by atoms with Crippen LogP contribution in [0, 0.1) is 6.92 Å². The van der Waals surface area contributed by atoms with Gasteiger partial charge >= 0.3 is 5.97 Å². The zero-order valence-corrected chi connectivity index (χ0v) is 12.6. The molecule has 1 N–H and O–H groups in total. The first-order valence-corrected chi connectivity index (χ1v) is 6.93. The smallest absolute Gasteiger partial charge is 0.341 e. The molecule has 0 bridgehead atoms. The maximum Gasteiger partial charge on any atom is 0.341 e. The third kappa shape index (κ3) is 3.49. The lowest BCUT2D eigenvalue weighted by Crippen LogP contribution is -2.34. The number of nitrogens with zero attached hydrogens (tertiary/aromatic N) is 3. The van der Waals surface area contributed by atoms with E-state index in [9.17, 15) is 9.90 Å². The summed E-state index contributed by atoms with van der Waals surface area (Å²) in [5, 5.41) is 13.6. The van der Waals surface area contributed by atoms with Crippen molar-refractivity contribution < 1.29 is 9.90 Å². The first-order valence-electron chi connectivity index (χ1n) is 6.93. The first kappa shape index (κ1) is 15.5. The van der Waals surface area contributed by atoms with Gasteiger partial charge in [0.2, 0.25) is 0 Å². The van der Waals surface area contributed by atoms with Crippen molar-refractivity contribution in [3.63, 3.8) is 0 Å². The maximum atomic E-state index is 11.4. The fourth-order valence-corrected chi connectivity index (χ4v) is 2.37. The number of rotatable bonds is 7. The SMILES string of the molecule is CCCCCN(c1c(C(=O)O)c(C)nn1C)C(C)C. The van der Waals surface area contributed by atoms with Crippen molar-refractivity contribution in [2.75, 3.05) is 11.4 Å². The van der Waals surface area contributed by atoms with Gasteiger partial charge in [0.05, 0.1) is 5.69 Å². The minimum Gasteiger partial charge on any atom is -0.477 e. The highest BCUT2D eigenvalue weighted by Gasteiger charge is 2.25. The Morgan fingerprint density at radius 1 is 1.42 bits per heavy atom. The van der Waals surface area contributed by atoms with E-state index in [2.05, 4.69) is 30.8 Å². The van der Waals surface area contributed by atoms with E-state index in [0.29, 0.717) is 11.3 Å². The third-order valence-electron chi connectivity index (χ3n) is 3.30. The number of hydrogen-bond donors (Lipinski definition) is 1. The summed E-state index contributed by atoms with van der Waals surface area (Å²) in [5.41, 5.74) is 0.902. The van der Waals surface area contributed by atoms with Gasteiger partial charge in [0.1, 0.15) is 11.4 Å². The normalized spacial score (nSPS) is 11.1. The molecule has 0 aliphatic carbocycles. The van der Waals surface area contributed by atoms with Crippen LogP contribution in [0.5, 0.6) is 0 Å². The van der Waals surface area contributed by atoms with Crippen LogP contribution >= 0.6 is 0 Å². The molecule has 0 aliphatic rings. The van der Waals surface area contributed by atoms with Crippen molar-refractivity contribution in [1.29, 1.82) is 0 Å². The molecule has 0 aromatic carbocycles. The predicted molar refractivity (Wildman–Crippen MR) is 76.9 cm³/mol. The van der Waals surface area contributed by atoms with Gasteiger partial charge in [-0.15, -0.1) is 0 Å². The molecule has 1 heterocycles. The van der Waals surface area contributed by atoms with Gasteiger partial charge in [-0.2, -0.15) is 5.10 Å². The van der Waals surface area contributed by atoms with E-state index in [1.165, 1.54) is 0 Å². The quantitative estimate of drug-likeness (QED) is 0.772. The van der Waals surface area contributed by atoms with Crippen molar-refractivity contribution in [2.45, 2.75) is 53.0 Å². The zero-order valence-electron chi connectivity index (χ0n) is 12.6. The summed E-state index contributed by atoms with van der Waals surface area (Å²) >= 11 is 0. The molecular formula is C14H25N3O2. The molecule has 0 saturated carbocycles. The van der Waals surface area contributed by atoms with E-state index in [1.807, 2.05) is 7.05 Å². The lowest BCUT2D eigenvalue weighted by molar-refractivity contribution is 0.0696. The molecule has 0 saturated heterocycles. The Labute approximate surface area is 115 Å². The van der Waals surface area contributed by atoms with Gasteiger partial charge in [0, 0.05) is 19.6 Å². The summed E-state index contributed by atoms with van der Waals surface area (Å²) in [4.78, 5) is 13.6. The van der Waals surface area contributed by atoms with Crippen molar-refractivity contribution in [1.82, 2.24) is 9.78 Å². The molecule has 5 nitrogen and oxygen atoms in total. The van der Waals surface area contributed by atoms with Crippen LogP contribution in [0.2, 0.25) is 0 Å². The highest BCUT2D eigenvalue weighted by atomic mass is 16.4. The third-order valence-corrected chi connectivity index (χ3v) is 3.30. The molecule has 5 heteroatoms. The van der Waals surface area contributed by atoms with Crippen molar-refractivity contribution in [3.05, 3.63) is 11.3 Å². The summed E-state index contributed by atoms with van der Waals surface area (Å²) in [6, 6.07) is 0.254. The van der Waals surface area contributed by atoms with Gasteiger partial charge in [-0.1, -0.05) is 19.8 Å². The standard InChI is InChI=1S/C14H25N3O2/c1-6-7-8-9-17(10(2)3)13-12(14(18)19)11(4)15-16(13)5/h10H,6-9H2,1-5H3,(H,18,19). The number of carbonyl (C=O) groups is 1. The van der Waals surface area contributed by atoms with Gasteiger partial charge in [0.25, 0.3) is 0 Å². The van der Waals surface area contributed by atoms with Gasteiger partial charge < -0.3 is 10.0 Å². The summed E-state index contributed by atoms with van der Waals surface area (Å²) in [5.74, 6) is -0.183. The Morgan fingerprint density at radius 3 is 2.53 bits per heavy atom. The summed E-state index contributed by atoms with van der Waals surface area (Å²) in [6.45, 7) is 8.94. The van der Waals surface area contributed by atoms with Crippen LogP contribution in [-0.2, 0) is 7.05 Å². The van der Waals surface area contributed by atoms with E-state index >= 15 is 0 Å². The summed E-state index contributed by atoms with van der Waals surface area (Å²) < 4.78 is 1.69. The Morgan fingerprint density at radius 2 is 2.05 bits per heavy atom. The lowest BCUT2D eigenvalue weighted by atomic mass is 10.1. The van der Waals surface area contributed by atoms with Gasteiger partial charge in [-0.05, 0) is 27.2 Å². The van der Waals surface area contributed by atoms with Crippen molar-refractivity contribution >= 4 is 11.8 Å². The molecule has 0 fully saturated rings.